The molecule has 0 aromatic rings. The van der Waals surface area contributed by atoms with Crippen LogP contribution in [0.15, 0.2) is 29.5 Å². The lowest BCUT2D eigenvalue weighted by Gasteiger charge is -2.21. The Kier molecular flexibility index (Phi) is 37.0. The number of nitrogens with zero attached hydrogens (tertiary/aromatic N) is 2. The maximum atomic E-state index is 12.7. The molecule has 8 heteroatoms. The molecule has 0 aliphatic carbocycles. The fourth-order valence-corrected chi connectivity index (χ4v) is 6.56. The maximum absolute atomic E-state index is 12.7. The van der Waals surface area contributed by atoms with Gasteiger partial charge in [0.25, 0.3) is 0 Å². The number of hydrogen-bond acceptors (Lipinski definition) is 8. The second-order valence-electron chi connectivity index (χ2n) is 15.9. The number of carbonyl (C=O) groups is 3. The number of hydrogen-bond donors (Lipinski definition) is 0. The molecule has 0 bridgehead atoms. The van der Waals surface area contributed by atoms with Crippen LogP contribution >= 0.6 is 0 Å². The Morgan fingerprint density at radius 2 is 1.04 bits per heavy atom. The quantitative estimate of drug-likeness (QED) is 0.0154. The fourth-order valence-electron chi connectivity index (χ4n) is 6.56. The van der Waals surface area contributed by atoms with E-state index in [0.717, 1.165) is 103 Å². The van der Waals surface area contributed by atoms with E-state index < -0.39 is 0 Å². The van der Waals surface area contributed by atoms with Crippen molar-refractivity contribution in [1.82, 2.24) is 4.90 Å². The summed E-state index contributed by atoms with van der Waals surface area (Å²) in [6, 6.07) is 0. The van der Waals surface area contributed by atoms with E-state index in [0.29, 0.717) is 44.3 Å². The predicted molar refractivity (Wildman–Crippen MR) is 227 cm³/mol. The molecule has 0 fully saturated rings. The van der Waals surface area contributed by atoms with Crippen molar-refractivity contribution >= 4 is 24.1 Å². The van der Waals surface area contributed by atoms with E-state index in [2.05, 4.69) is 64.0 Å². The van der Waals surface area contributed by atoms with Crippen LogP contribution in [-0.2, 0) is 28.7 Å². The summed E-state index contributed by atoms with van der Waals surface area (Å²) < 4.78 is 10.7. The van der Waals surface area contributed by atoms with Crippen molar-refractivity contribution in [2.75, 3.05) is 33.9 Å². The van der Waals surface area contributed by atoms with Crippen LogP contribution in [-0.4, -0.2) is 62.9 Å². The van der Waals surface area contributed by atoms with Crippen LogP contribution in [0.5, 0.6) is 0 Å². The summed E-state index contributed by atoms with van der Waals surface area (Å²) in [5, 5.41) is 4.03. The first-order valence-electron chi connectivity index (χ1n) is 22.2. The minimum absolute atomic E-state index is 0.111. The Labute approximate surface area is 332 Å². The van der Waals surface area contributed by atoms with Gasteiger partial charge in [-0.05, 0) is 89.6 Å². The zero-order chi connectivity index (χ0) is 39.9. The van der Waals surface area contributed by atoms with Crippen molar-refractivity contribution < 1.29 is 28.7 Å². The van der Waals surface area contributed by atoms with Crippen LogP contribution in [0.3, 0.4) is 0 Å². The molecule has 0 rings (SSSR count). The highest BCUT2D eigenvalue weighted by Crippen LogP contribution is 2.23. The Morgan fingerprint density at radius 3 is 1.52 bits per heavy atom. The van der Waals surface area contributed by atoms with Crippen LogP contribution in [0.25, 0.3) is 0 Å². The van der Waals surface area contributed by atoms with Gasteiger partial charge in [-0.1, -0.05) is 147 Å². The van der Waals surface area contributed by atoms with Gasteiger partial charge in [0, 0.05) is 25.6 Å². The molecule has 0 heterocycles. The number of esters is 2. The molecule has 8 nitrogen and oxygen atoms in total. The molecule has 0 amide bonds. The number of allylic oxidation sites excluding steroid dienone is 2. The van der Waals surface area contributed by atoms with Gasteiger partial charge < -0.3 is 19.2 Å². The van der Waals surface area contributed by atoms with Crippen molar-refractivity contribution in [2.24, 2.45) is 22.9 Å². The van der Waals surface area contributed by atoms with E-state index in [1.54, 1.807) is 6.21 Å². The van der Waals surface area contributed by atoms with Gasteiger partial charge in [0.15, 0.2) is 0 Å². The molecule has 0 aliphatic rings. The SMILES string of the molecule is CCCCCC/C=C\COC(=O)CCCCCCCC(CCCCCCCC(=O)OC/C=C\CCCCCC)CC(=O)O/N=C/CC(C)C(C)CN(C)C. The topological polar surface area (TPSA) is 94.5 Å². The summed E-state index contributed by atoms with van der Waals surface area (Å²) in [5.41, 5.74) is 0. The highest BCUT2D eigenvalue weighted by molar-refractivity contribution is 5.70. The highest BCUT2D eigenvalue weighted by Gasteiger charge is 2.16. The molecule has 0 aliphatic heterocycles. The first kappa shape index (κ1) is 51.5. The average Bonchev–Trinajstić information content (AvgIpc) is 3.14. The molecule has 0 radical (unpaired) electrons. The zero-order valence-electron chi connectivity index (χ0n) is 36.0. The van der Waals surface area contributed by atoms with Gasteiger partial charge in [-0.15, -0.1) is 0 Å². The molecule has 54 heavy (non-hydrogen) atoms. The average molecular weight is 761 g/mol. The zero-order valence-corrected chi connectivity index (χ0v) is 36.0. The van der Waals surface area contributed by atoms with Crippen molar-refractivity contribution in [2.45, 2.75) is 195 Å². The minimum Gasteiger partial charge on any atom is -0.461 e. The smallest absolute Gasteiger partial charge is 0.335 e. The summed E-state index contributed by atoms with van der Waals surface area (Å²) >= 11 is 0. The van der Waals surface area contributed by atoms with Crippen LogP contribution in [0.1, 0.15) is 195 Å². The lowest BCUT2D eigenvalue weighted by molar-refractivity contribution is -0.145. The van der Waals surface area contributed by atoms with E-state index >= 15 is 0 Å². The molecule has 0 saturated carbocycles. The third-order valence-corrected chi connectivity index (χ3v) is 10.2. The van der Waals surface area contributed by atoms with Gasteiger partial charge in [-0.3, -0.25) is 9.59 Å². The van der Waals surface area contributed by atoms with Crippen molar-refractivity contribution in [3.63, 3.8) is 0 Å². The molecule has 0 spiro atoms. The summed E-state index contributed by atoms with van der Waals surface area (Å²) in [6.07, 6.45) is 36.3. The number of carbonyl (C=O) groups excluding carboxylic acids is 3. The molecule has 314 valence electrons. The van der Waals surface area contributed by atoms with E-state index in [1.807, 2.05) is 12.2 Å². The molecule has 2 atom stereocenters. The summed E-state index contributed by atoms with van der Waals surface area (Å²) in [6.45, 7) is 10.7. The highest BCUT2D eigenvalue weighted by atomic mass is 16.7. The van der Waals surface area contributed by atoms with Crippen molar-refractivity contribution in [3.05, 3.63) is 24.3 Å². The molecule has 0 aromatic carbocycles. The number of oxime groups is 1. The van der Waals surface area contributed by atoms with Crippen LogP contribution in [0.2, 0.25) is 0 Å². The van der Waals surface area contributed by atoms with Gasteiger partial charge in [0.2, 0.25) is 0 Å². The van der Waals surface area contributed by atoms with Gasteiger partial charge in [-0.2, -0.15) is 0 Å². The number of ether oxygens (including phenoxy) is 2. The fraction of sp³-hybridized carbons (Fsp3) is 0.826. The Bertz CT molecular complexity index is 926. The summed E-state index contributed by atoms with van der Waals surface area (Å²) in [5.74, 6) is 0.790. The van der Waals surface area contributed by atoms with Gasteiger partial charge >= 0.3 is 17.9 Å². The Balaban J connectivity index is 4.44. The van der Waals surface area contributed by atoms with Gasteiger partial charge in [-0.25, -0.2) is 4.79 Å². The molecule has 0 N–H and O–H groups in total. The third-order valence-electron chi connectivity index (χ3n) is 10.2. The Morgan fingerprint density at radius 1 is 0.574 bits per heavy atom. The maximum Gasteiger partial charge on any atom is 0.335 e. The molecular formula is C46H84N2O6. The summed E-state index contributed by atoms with van der Waals surface area (Å²) in [7, 11) is 4.17. The lowest BCUT2D eigenvalue weighted by Crippen LogP contribution is -2.24. The first-order valence-corrected chi connectivity index (χ1v) is 22.2. The Hall–Kier alpha value is -2.48. The van der Waals surface area contributed by atoms with Crippen molar-refractivity contribution in [1.29, 1.82) is 0 Å². The normalized spacial score (nSPS) is 13.1. The largest absolute Gasteiger partial charge is 0.461 e. The predicted octanol–water partition coefficient (Wildman–Crippen LogP) is 12.3. The minimum atomic E-state index is -0.250. The standard InChI is InChI=1S/C46H84N2O6/c1-7-9-11-13-15-23-29-37-52-44(49)33-27-21-17-19-25-31-43(39-46(51)54-47-36-35-41(3)42(4)40-48(5)6)32-26-20-18-22-28-34-45(50)53-38-30-24-16-14-12-10-8-2/h23-24,29-30,36,41-43H,7-22,25-28,31-35,37-40H2,1-6H3/b29-23-,30-24-,47-36+. The van der Waals surface area contributed by atoms with E-state index in [4.69, 9.17) is 14.3 Å². The monoisotopic (exact) mass is 761 g/mol. The van der Waals surface area contributed by atoms with E-state index in [-0.39, 0.29) is 23.8 Å². The lowest BCUT2D eigenvalue weighted by atomic mass is 9.91. The van der Waals surface area contributed by atoms with Gasteiger partial charge in [0.05, 0.1) is 6.42 Å². The molecule has 2 unspecified atom stereocenters. The van der Waals surface area contributed by atoms with Crippen LogP contribution < -0.4 is 0 Å². The first-order chi connectivity index (χ1) is 26.2. The molecule has 0 saturated heterocycles. The van der Waals surface area contributed by atoms with Crippen LogP contribution in [0, 0.1) is 17.8 Å². The second-order valence-corrected chi connectivity index (χ2v) is 15.9. The van der Waals surface area contributed by atoms with Crippen molar-refractivity contribution in [3.8, 4) is 0 Å². The van der Waals surface area contributed by atoms with Gasteiger partial charge in [0.1, 0.15) is 13.2 Å². The molecule has 0 aromatic heterocycles. The number of unbranched alkanes of at least 4 members (excludes halogenated alkanes) is 16. The number of rotatable bonds is 38. The van der Waals surface area contributed by atoms with Crippen LogP contribution in [0.4, 0.5) is 0 Å². The summed E-state index contributed by atoms with van der Waals surface area (Å²) in [4.78, 5) is 44.4. The van der Waals surface area contributed by atoms with E-state index in [1.165, 1.54) is 51.4 Å². The van der Waals surface area contributed by atoms with E-state index in [9.17, 15) is 14.4 Å². The molecular weight excluding hydrogens is 677 g/mol. The second kappa shape index (κ2) is 38.8. The third kappa shape index (κ3) is 36.5.